The molecule has 0 aliphatic carbocycles. The van der Waals surface area contributed by atoms with Gasteiger partial charge in [0.1, 0.15) is 5.69 Å². The first-order valence-corrected chi connectivity index (χ1v) is 8.69. The van der Waals surface area contributed by atoms with Crippen molar-refractivity contribution in [3.63, 3.8) is 0 Å². The van der Waals surface area contributed by atoms with Crippen LogP contribution in [0, 0.1) is 0 Å². The number of ether oxygens (including phenoxy) is 1. The van der Waals surface area contributed by atoms with Crippen LogP contribution in [0.4, 0.5) is 5.69 Å². The van der Waals surface area contributed by atoms with E-state index in [0.717, 1.165) is 32.8 Å². The Morgan fingerprint density at radius 3 is 2.15 bits per heavy atom. The Kier molecular flexibility index (Phi) is 2.54. The fourth-order valence-electron chi connectivity index (χ4n) is 3.94. The molecule has 2 heterocycles. The number of rotatable bonds is 0. The molecular formula is C23H14N2O. The normalized spacial score (nSPS) is 19.7. The zero-order chi connectivity index (χ0) is 17.1. The minimum Gasteiger partial charge on any atom is -0.454 e. The predicted octanol–water partition coefficient (Wildman–Crippen LogP) is 3.90. The first-order chi connectivity index (χ1) is 12.8. The van der Waals surface area contributed by atoms with E-state index in [2.05, 4.69) is 42.5 Å². The van der Waals surface area contributed by atoms with Crippen LogP contribution in [0.2, 0.25) is 0 Å². The summed E-state index contributed by atoms with van der Waals surface area (Å²) < 4.78 is 6.51. The van der Waals surface area contributed by atoms with Gasteiger partial charge in [0.15, 0.2) is 5.75 Å². The summed E-state index contributed by atoms with van der Waals surface area (Å²) in [7, 11) is 0. The lowest BCUT2D eigenvalue weighted by molar-refractivity contribution is 0.221. The largest absolute Gasteiger partial charge is 0.454 e. The zero-order valence-electron chi connectivity index (χ0n) is 13.9. The molecule has 26 heavy (non-hydrogen) atoms. The average molecular weight is 334 g/mol. The topological polar surface area (TPSA) is 34.0 Å². The number of nitrogens with zero attached hydrogens (tertiary/aromatic N) is 2. The smallest absolute Gasteiger partial charge is 0.257 e. The van der Waals surface area contributed by atoms with Crippen molar-refractivity contribution in [1.82, 2.24) is 0 Å². The van der Waals surface area contributed by atoms with Crippen molar-refractivity contribution in [2.24, 2.45) is 9.98 Å². The van der Waals surface area contributed by atoms with E-state index in [1.54, 1.807) is 0 Å². The Bertz CT molecular complexity index is 1330. The first-order valence-electron chi connectivity index (χ1n) is 8.69. The minimum absolute atomic E-state index is 0.801. The molecule has 2 aliphatic rings. The predicted molar refractivity (Wildman–Crippen MR) is 105 cm³/mol. The van der Waals surface area contributed by atoms with E-state index >= 15 is 0 Å². The fourth-order valence-corrected chi connectivity index (χ4v) is 3.94. The molecule has 3 heteroatoms. The summed E-state index contributed by atoms with van der Waals surface area (Å²) in [5.41, 5.74) is 0.0199. The third kappa shape index (κ3) is 1.77. The maximum Gasteiger partial charge on any atom is 0.257 e. The molecule has 0 saturated heterocycles. The highest BCUT2D eigenvalue weighted by atomic mass is 16.5. The molecule has 3 nitrogen and oxygen atoms in total. The summed E-state index contributed by atoms with van der Waals surface area (Å²) in [6.07, 6.45) is 3.86. The molecule has 6 rings (SSSR count). The molecular weight excluding hydrogens is 320 g/mol. The van der Waals surface area contributed by atoms with E-state index in [1.165, 1.54) is 10.8 Å². The van der Waals surface area contributed by atoms with Crippen molar-refractivity contribution in [2.75, 3.05) is 0 Å². The van der Waals surface area contributed by atoms with E-state index in [1.807, 2.05) is 42.6 Å². The standard InChI is InChI=1S/C23H14N2O/c1-6-12-20-15(7-1)13-23(25-20)14-24-21-18-10-4-2-8-16(18)17-9-3-5-11-19(17)22(21)26-23/h1-14H. The monoisotopic (exact) mass is 334 g/mol. The molecule has 1 atom stereocenters. The minimum atomic E-state index is -0.859. The first kappa shape index (κ1) is 13.8. The number of para-hydroxylation sites is 1. The van der Waals surface area contributed by atoms with Crippen LogP contribution in [0.15, 0.2) is 82.8 Å². The second kappa shape index (κ2) is 4.79. The third-order valence-corrected chi connectivity index (χ3v) is 5.10. The van der Waals surface area contributed by atoms with Crippen molar-refractivity contribution >= 4 is 39.5 Å². The molecule has 4 aromatic carbocycles. The van der Waals surface area contributed by atoms with Gasteiger partial charge in [-0.05, 0) is 22.9 Å². The number of fused-ring (bicyclic) bond motifs is 7. The molecule has 0 amide bonds. The van der Waals surface area contributed by atoms with Crippen molar-refractivity contribution in [2.45, 2.75) is 5.72 Å². The summed E-state index contributed by atoms with van der Waals surface area (Å²) >= 11 is 0. The summed E-state index contributed by atoms with van der Waals surface area (Å²) in [5, 5.41) is 6.54. The second-order valence-corrected chi connectivity index (χ2v) is 6.70. The van der Waals surface area contributed by atoms with Gasteiger partial charge < -0.3 is 4.74 Å². The fraction of sp³-hybridized carbons (Fsp3) is 0.0435. The van der Waals surface area contributed by atoms with Crippen LogP contribution in [0.25, 0.3) is 27.6 Å². The van der Waals surface area contributed by atoms with Gasteiger partial charge >= 0.3 is 0 Å². The van der Waals surface area contributed by atoms with Crippen LogP contribution in [0.5, 0.6) is 5.75 Å². The summed E-state index contributed by atoms with van der Waals surface area (Å²) in [6.45, 7) is 0. The van der Waals surface area contributed by atoms with Crippen LogP contribution in [-0.4, -0.2) is 11.9 Å². The van der Waals surface area contributed by atoms with Gasteiger partial charge in [-0.1, -0.05) is 66.7 Å². The molecule has 0 N–H and O–H groups in total. The zero-order valence-corrected chi connectivity index (χ0v) is 13.9. The number of benzene rings is 4. The van der Waals surface area contributed by atoms with Gasteiger partial charge in [0.2, 0.25) is 0 Å². The average Bonchev–Trinajstić information content (AvgIpc) is 3.05. The molecule has 1 unspecified atom stereocenters. The maximum atomic E-state index is 6.51. The Hall–Kier alpha value is -3.46. The van der Waals surface area contributed by atoms with Crippen LogP contribution < -0.4 is 15.3 Å². The Morgan fingerprint density at radius 1 is 0.692 bits per heavy atom. The third-order valence-electron chi connectivity index (χ3n) is 5.10. The highest BCUT2D eigenvalue weighted by Crippen LogP contribution is 2.47. The van der Waals surface area contributed by atoms with E-state index < -0.39 is 5.72 Å². The number of aliphatic imine (C=N–C) groups is 1. The van der Waals surface area contributed by atoms with Gasteiger partial charge in [0, 0.05) is 16.0 Å². The van der Waals surface area contributed by atoms with Crippen LogP contribution in [0.1, 0.15) is 0 Å². The van der Waals surface area contributed by atoms with Gasteiger partial charge in [0.05, 0.1) is 11.6 Å². The molecule has 0 fully saturated rings. The van der Waals surface area contributed by atoms with Crippen molar-refractivity contribution in [3.05, 3.63) is 83.4 Å². The summed E-state index contributed by atoms with van der Waals surface area (Å²) in [6, 6.07) is 24.7. The molecule has 1 spiro atoms. The van der Waals surface area contributed by atoms with Crippen LogP contribution >= 0.6 is 0 Å². The molecule has 0 radical (unpaired) electrons. The highest BCUT2D eigenvalue weighted by molar-refractivity contribution is 6.17. The Labute approximate surface area is 149 Å². The van der Waals surface area contributed by atoms with Gasteiger partial charge in [-0.3, -0.25) is 0 Å². The SMILES string of the molecule is C1=Nc2c(c3ccccc3c3ccccc23)OC12C=c1ccccc1=N2. The van der Waals surface area contributed by atoms with E-state index in [9.17, 15) is 0 Å². The van der Waals surface area contributed by atoms with Gasteiger partial charge in [0.25, 0.3) is 5.72 Å². The lowest BCUT2D eigenvalue weighted by atomic mass is 9.98. The van der Waals surface area contributed by atoms with Crippen LogP contribution in [0.3, 0.4) is 0 Å². The summed E-state index contributed by atoms with van der Waals surface area (Å²) in [5.74, 6) is 0.801. The lowest BCUT2D eigenvalue weighted by Gasteiger charge is -2.28. The van der Waals surface area contributed by atoms with Crippen molar-refractivity contribution in [1.29, 1.82) is 0 Å². The van der Waals surface area contributed by atoms with Gasteiger partial charge in [-0.25, -0.2) is 9.98 Å². The second-order valence-electron chi connectivity index (χ2n) is 6.70. The summed E-state index contributed by atoms with van der Waals surface area (Å²) in [4.78, 5) is 9.62. The quantitative estimate of drug-likeness (QED) is 0.449. The molecule has 0 bridgehead atoms. The molecule has 0 saturated carbocycles. The Morgan fingerprint density at radius 2 is 1.35 bits per heavy atom. The van der Waals surface area contributed by atoms with E-state index in [-0.39, 0.29) is 0 Å². The highest BCUT2D eigenvalue weighted by Gasteiger charge is 2.35. The van der Waals surface area contributed by atoms with E-state index in [0.29, 0.717) is 0 Å². The van der Waals surface area contributed by atoms with Crippen molar-refractivity contribution in [3.8, 4) is 5.75 Å². The van der Waals surface area contributed by atoms with Crippen LogP contribution in [-0.2, 0) is 0 Å². The van der Waals surface area contributed by atoms with Gasteiger partial charge in [-0.15, -0.1) is 0 Å². The van der Waals surface area contributed by atoms with Crippen molar-refractivity contribution < 1.29 is 4.74 Å². The Balaban J connectivity index is 1.69. The van der Waals surface area contributed by atoms with Gasteiger partial charge in [-0.2, -0.15) is 0 Å². The van der Waals surface area contributed by atoms with E-state index in [4.69, 9.17) is 14.7 Å². The lowest BCUT2D eigenvalue weighted by Crippen LogP contribution is -2.34. The molecule has 2 aliphatic heterocycles. The number of hydrogen-bond donors (Lipinski definition) is 0. The molecule has 122 valence electrons. The maximum absolute atomic E-state index is 6.51. The molecule has 4 aromatic rings. The number of hydrogen-bond acceptors (Lipinski definition) is 3. The molecule has 0 aromatic heterocycles.